The molecule has 2 aliphatic rings. The van der Waals surface area contributed by atoms with Crippen LogP contribution in [0.15, 0.2) is 54.6 Å². The van der Waals surface area contributed by atoms with Crippen LogP contribution in [0.25, 0.3) is 0 Å². The predicted octanol–water partition coefficient (Wildman–Crippen LogP) is 4.30. The molecule has 4 nitrogen and oxygen atoms in total. The zero-order valence-corrected chi connectivity index (χ0v) is 18.9. The Morgan fingerprint density at radius 2 is 1.75 bits per heavy atom. The van der Waals surface area contributed by atoms with Gasteiger partial charge in [0.1, 0.15) is 5.82 Å². The average Bonchev–Trinajstić information content (AvgIpc) is 3.23. The van der Waals surface area contributed by atoms with Crippen LogP contribution in [-0.4, -0.2) is 42.5 Å². The molecule has 2 N–H and O–H groups in total. The van der Waals surface area contributed by atoms with Crippen LogP contribution in [-0.2, 0) is 17.8 Å². The molecule has 2 atom stereocenters. The molecule has 4 rings (SSSR count). The SMILES string of the molecule is O=C(NCCc1ccccc1F)[C@@H]1C[C@H](NCC2CCCCC2)CN1Cc1ccccc1. The summed E-state index contributed by atoms with van der Waals surface area (Å²) in [6.07, 6.45) is 8.06. The Bertz CT molecular complexity index is 853. The van der Waals surface area contributed by atoms with Crippen molar-refractivity contribution in [3.8, 4) is 0 Å². The third-order valence-corrected chi connectivity index (χ3v) is 7.01. The Hall–Kier alpha value is -2.24. The fraction of sp³-hybridized carbons (Fsp3) is 0.519. The van der Waals surface area contributed by atoms with Crippen LogP contribution >= 0.6 is 0 Å². The first-order chi connectivity index (χ1) is 15.7. The highest BCUT2D eigenvalue weighted by Crippen LogP contribution is 2.25. The van der Waals surface area contributed by atoms with Crippen molar-refractivity contribution in [3.05, 3.63) is 71.5 Å². The monoisotopic (exact) mass is 437 g/mol. The summed E-state index contributed by atoms with van der Waals surface area (Å²) < 4.78 is 13.9. The lowest BCUT2D eigenvalue weighted by molar-refractivity contribution is -0.125. The van der Waals surface area contributed by atoms with Crippen molar-refractivity contribution >= 4 is 5.91 Å². The summed E-state index contributed by atoms with van der Waals surface area (Å²) in [4.78, 5) is 15.4. The fourth-order valence-corrected chi connectivity index (χ4v) is 5.18. The first kappa shape index (κ1) is 22.9. The molecule has 2 aromatic carbocycles. The number of hydrogen-bond donors (Lipinski definition) is 2. The minimum atomic E-state index is -0.208. The molecule has 1 saturated carbocycles. The number of carbonyl (C=O) groups excluding carboxylic acids is 1. The maximum absolute atomic E-state index is 13.9. The lowest BCUT2D eigenvalue weighted by atomic mass is 9.89. The molecule has 2 aromatic rings. The number of amides is 1. The summed E-state index contributed by atoms with van der Waals surface area (Å²) in [5.41, 5.74) is 1.87. The topological polar surface area (TPSA) is 44.4 Å². The Morgan fingerprint density at radius 3 is 2.53 bits per heavy atom. The Morgan fingerprint density at radius 1 is 1.00 bits per heavy atom. The van der Waals surface area contributed by atoms with Gasteiger partial charge in [0.25, 0.3) is 0 Å². The van der Waals surface area contributed by atoms with Crippen LogP contribution in [0.4, 0.5) is 4.39 Å². The third-order valence-electron chi connectivity index (χ3n) is 7.01. The second kappa shape index (κ2) is 11.6. The van der Waals surface area contributed by atoms with E-state index in [0.29, 0.717) is 24.6 Å². The van der Waals surface area contributed by atoms with Gasteiger partial charge >= 0.3 is 0 Å². The lowest BCUT2D eigenvalue weighted by Crippen LogP contribution is -2.43. The van der Waals surface area contributed by atoms with E-state index < -0.39 is 0 Å². The van der Waals surface area contributed by atoms with Gasteiger partial charge in [0.2, 0.25) is 5.91 Å². The Balaban J connectivity index is 1.33. The predicted molar refractivity (Wildman–Crippen MR) is 127 cm³/mol. The van der Waals surface area contributed by atoms with Crippen LogP contribution in [0.3, 0.4) is 0 Å². The number of nitrogens with zero attached hydrogens (tertiary/aromatic N) is 1. The third kappa shape index (κ3) is 6.39. The van der Waals surface area contributed by atoms with Gasteiger partial charge in [0.05, 0.1) is 6.04 Å². The molecule has 32 heavy (non-hydrogen) atoms. The van der Waals surface area contributed by atoms with E-state index in [9.17, 15) is 9.18 Å². The van der Waals surface area contributed by atoms with Crippen LogP contribution in [0.1, 0.15) is 49.7 Å². The molecule has 0 bridgehead atoms. The van der Waals surface area contributed by atoms with Crippen molar-refractivity contribution in [2.24, 2.45) is 5.92 Å². The molecule has 1 heterocycles. The van der Waals surface area contributed by atoms with Crippen molar-refractivity contribution in [1.82, 2.24) is 15.5 Å². The molecule has 2 fully saturated rings. The van der Waals surface area contributed by atoms with Crippen molar-refractivity contribution in [2.75, 3.05) is 19.6 Å². The number of benzene rings is 2. The minimum Gasteiger partial charge on any atom is -0.354 e. The molecule has 0 spiro atoms. The van der Waals surface area contributed by atoms with Crippen molar-refractivity contribution < 1.29 is 9.18 Å². The van der Waals surface area contributed by atoms with E-state index in [2.05, 4.69) is 27.7 Å². The summed E-state index contributed by atoms with van der Waals surface area (Å²) in [5, 5.41) is 6.84. The molecular formula is C27H36FN3O. The smallest absolute Gasteiger partial charge is 0.237 e. The Kier molecular flexibility index (Phi) is 8.30. The summed E-state index contributed by atoms with van der Waals surface area (Å²) in [7, 11) is 0. The van der Waals surface area contributed by atoms with Crippen molar-refractivity contribution in [2.45, 2.75) is 63.6 Å². The van der Waals surface area contributed by atoms with Gasteiger partial charge in [0.15, 0.2) is 0 Å². The highest BCUT2D eigenvalue weighted by Gasteiger charge is 2.36. The van der Waals surface area contributed by atoms with Gasteiger partial charge < -0.3 is 10.6 Å². The highest BCUT2D eigenvalue weighted by molar-refractivity contribution is 5.82. The molecule has 0 aromatic heterocycles. The molecule has 1 aliphatic heterocycles. The summed E-state index contributed by atoms with van der Waals surface area (Å²) in [6.45, 7) is 3.17. The van der Waals surface area contributed by atoms with E-state index in [0.717, 1.165) is 32.0 Å². The van der Waals surface area contributed by atoms with Gasteiger partial charge in [-0.25, -0.2) is 4.39 Å². The van der Waals surface area contributed by atoms with Gasteiger partial charge in [-0.1, -0.05) is 67.8 Å². The summed E-state index contributed by atoms with van der Waals surface area (Å²) in [5.74, 6) is 0.625. The summed E-state index contributed by atoms with van der Waals surface area (Å²) >= 11 is 0. The second-order valence-electron chi connectivity index (χ2n) is 9.41. The quantitative estimate of drug-likeness (QED) is 0.615. The molecule has 1 amide bonds. The van der Waals surface area contributed by atoms with E-state index in [1.807, 2.05) is 24.3 Å². The molecule has 5 heteroatoms. The zero-order valence-electron chi connectivity index (χ0n) is 18.9. The summed E-state index contributed by atoms with van der Waals surface area (Å²) in [6, 6.07) is 17.3. The maximum Gasteiger partial charge on any atom is 0.237 e. The van der Waals surface area contributed by atoms with Gasteiger partial charge in [-0.3, -0.25) is 9.69 Å². The number of likely N-dealkylation sites (tertiary alicyclic amines) is 1. The van der Waals surface area contributed by atoms with Crippen LogP contribution in [0.5, 0.6) is 0 Å². The first-order valence-corrected chi connectivity index (χ1v) is 12.2. The van der Waals surface area contributed by atoms with Crippen molar-refractivity contribution in [1.29, 1.82) is 0 Å². The first-order valence-electron chi connectivity index (χ1n) is 12.2. The Labute approximate surface area is 191 Å². The molecule has 1 saturated heterocycles. The number of halogens is 1. The number of nitrogens with one attached hydrogen (secondary N) is 2. The van der Waals surface area contributed by atoms with E-state index >= 15 is 0 Å². The molecule has 1 aliphatic carbocycles. The highest BCUT2D eigenvalue weighted by atomic mass is 19.1. The van der Waals surface area contributed by atoms with Gasteiger partial charge in [-0.15, -0.1) is 0 Å². The molecule has 0 unspecified atom stereocenters. The standard InChI is InChI=1S/C27H36FN3O/c28-25-14-8-7-13-23(25)15-16-29-27(32)26-17-24(30-18-21-9-3-1-4-10-21)20-31(26)19-22-11-5-2-6-12-22/h2,5-8,11-14,21,24,26,30H,1,3-4,9-10,15-20H2,(H,29,32)/t24-,26-/m0/s1. The van der Waals surface area contributed by atoms with E-state index in [4.69, 9.17) is 0 Å². The van der Waals surface area contributed by atoms with Gasteiger partial charge in [0, 0.05) is 25.7 Å². The lowest BCUT2D eigenvalue weighted by Gasteiger charge is -2.24. The molecule has 0 radical (unpaired) electrons. The number of hydrogen-bond acceptors (Lipinski definition) is 3. The number of carbonyl (C=O) groups is 1. The van der Waals surface area contributed by atoms with E-state index in [1.54, 1.807) is 12.1 Å². The van der Waals surface area contributed by atoms with Crippen molar-refractivity contribution in [3.63, 3.8) is 0 Å². The molecule has 172 valence electrons. The van der Waals surface area contributed by atoms with Gasteiger partial charge in [-0.05, 0) is 55.3 Å². The zero-order chi connectivity index (χ0) is 22.2. The average molecular weight is 438 g/mol. The maximum atomic E-state index is 13.9. The minimum absolute atomic E-state index is 0.0548. The normalized spacial score (nSPS) is 22.2. The largest absolute Gasteiger partial charge is 0.354 e. The van der Waals surface area contributed by atoms with E-state index in [-0.39, 0.29) is 17.8 Å². The fourth-order valence-electron chi connectivity index (χ4n) is 5.18. The van der Waals surface area contributed by atoms with Crippen LogP contribution < -0.4 is 10.6 Å². The van der Waals surface area contributed by atoms with Crippen LogP contribution in [0.2, 0.25) is 0 Å². The van der Waals surface area contributed by atoms with E-state index in [1.165, 1.54) is 43.7 Å². The van der Waals surface area contributed by atoms with Crippen LogP contribution in [0, 0.1) is 11.7 Å². The van der Waals surface area contributed by atoms with Gasteiger partial charge in [-0.2, -0.15) is 0 Å². The number of rotatable bonds is 9. The second-order valence-corrected chi connectivity index (χ2v) is 9.41. The molecular weight excluding hydrogens is 401 g/mol.